The first-order valence-corrected chi connectivity index (χ1v) is 6.01. The molecule has 1 aliphatic heterocycles. The van der Waals surface area contributed by atoms with Crippen LogP contribution in [0.3, 0.4) is 0 Å². The summed E-state index contributed by atoms with van der Waals surface area (Å²) in [5.74, 6) is 1.59. The van der Waals surface area contributed by atoms with Crippen molar-refractivity contribution in [2.45, 2.75) is 18.8 Å². The zero-order valence-corrected chi connectivity index (χ0v) is 9.60. The van der Waals surface area contributed by atoms with Gasteiger partial charge in [-0.25, -0.2) is 4.98 Å². The summed E-state index contributed by atoms with van der Waals surface area (Å²) < 4.78 is 2.06. The summed E-state index contributed by atoms with van der Waals surface area (Å²) in [6.07, 6.45) is 6.87. The molecule has 4 nitrogen and oxygen atoms in total. The number of piperidine rings is 1. The molecular weight excluding hydrogens is 214 g/mol. The first-order chi connectivity index (χ1) is 8.38. The highest BCUT2D eigenvalue weighted by Crippen LogP contribution is 2.25. The zero-order chi connectivity index (χ0) is 11.7. The lowest BCUT2D eigenvalue weighted by Gasteiger charge is -2.21. The Morgan fingerprint density at radius 1 is 1.35 bits per heavy atom. The Balaban J connectivity index is 2.05. The van der Waals surface area contributed by atoms with Gasteiger partial charge in [-0.3, -0.25) is 4.79 Å². The Bertz CT molecular complexity index is 541. The molecule has 1 saturated heterocycles. The second-order valence-corrected chi connectivity index (χ2v) is 4.52. The highest BCUT2D eigenvalue weighted by atomic mass is 16.1. The molecule has 1 fully saturated rings. The molecule has 1 N–H and O–H groups in total. The quantitative estimate of drug-likeness (QED) is 0.796. The normalized spacial score (nSPS) is 17.4. The molecule has 0 saturated carbocycles. The predicted octanol–water partition coefficient (Wildman–Crippen LogP) is 1.61. The molecule has 0 radical (unpaired) electrons. The lowest BCUT2D eigenvalue weighted by molar-refractivity contribution is 0.112. The van der Waals surface area contributed by atoms with Crippen molar-refractivity contribution < 1.29 is 4.79 Å². The molecule has 0 atom stereocenters. The summed E-state index contributed by atoms with van der Waals surface area (Å²) in [7, 11) is 0. The maximum atomic E-state index is 10.8. The number of nitrogens with one attached hydrogen (secondary N) is 1. The van der Waals surface area contributed by atoms with Crippen molar-refractivity contribution in [3.05, 3.63) is 35.9 Å². The van der Waals surface area contributed by atoms with Gasteiger partial charge in [0.1, 0.15) is 5.82 Å². The lowest BCUT2D eigenvalue weighted by atomic mass is 9.97. The van der Waals surface area contributed by atoms with Crippen molar-refractivity contribution in [2.24, 2.45) is 0 Å². The van der Waals surface area contributed by atoms with Crippen LogP contribution in [0.2, 0.25) is 0 Å². The largest absolute Gasteiger partial charge is 0.317 e. The van der Waals surface area contributed by atoms with Crippen LogP contribution in [0.1, 0.15) is 34.9 Å². The number of imidazole rings is 1. The number of aldehydes is 1. The Labute approximate surface area is 99.7 Å². The van der Waals surface area contributed by atoms with Gasteiger partial charge in [-0.15, -0.1) is 0 Å². The van der Waals surface area contributed by atoms with Crippen LogP contribution >= 0.6 is 0 Å². The third kappa shape index (κ3) is 1.85. The molecule has 0 aliphatic carbocycles. The maximum absolute atomic E-state index is 10.8. The van der Waals surface area contributed by atoms with E-state index in [9.17, 15) is 4.79 Å². The monoisotopic (exact) mass is 229 g/mol. The minimum Gasteiger partial charge on any atom is -0.317 e. The van der Waals surface area contributed by atoms with E-state index in [2.05, 4.69) is 14.7 Å². The average Bonchev–Trinajstić information content (AvgIpc) is 2.82. The molecule has 17 heavy (non-hydrogen) atoms. The van der Waals surface area contributed by atoms with Crippen molar-refractivity contribution in [3.8, 4) is 0 Å². The van der Waals surface area contributed by atoms with E-state index in [-0.39, 0.29) is 0 Å². The molecule has 1 aliphatic rings. The summed E-state index contributed by atoms with van der Waals surface area (Å²) in [4.78, 5) is 15.3. The van der Waals surface area contributed by atoms with E-state index in [1.807, 2.05) is 24.5 Å². The van der Waals surface area contributed by atoms with Crippen LogP contribution in [0.15, 0.2) is 24.5 Å². The molecule has 88 valence electrons. The molecule has 2 aromatic heterocycles. The second-order valence-electron chi connectivity index (χ2n) is 4.52. The molecule has 2 aromatic rings. The SMILES string of the molecule is O=Cc1ccc2cnc(C3CCNCC3)n2c1. The highest BCUT2D eigenvalue weighted by Gasteiger charge is 2.19. The van der Waals surface area contributed by atoms with Crippen LogP contribution < -0.4 is 5.32 Å². The Hall–Kier alpha value is -1.68. The average molecular weight is 229 g/mol. The number of hydrogen-bond donors (Lipinski definition) is 1. The van der Waals surface area contributed by atoms with Crippen molar-refractivity contribution in [2.75, 3.05) is 13.1 Å². The number of carbonyl (C=O) groups is 1. The zero-order valence-electron chi connectivity index (χ0n) is 9.60. The van der Waals surface area contributed by atoms with Gasteiger partial charge in [0.2, 0.25) is 0 Å². The van der Waals surface area contributed by atoms with Crippen molar-refractivity contribution in [1.29, 1.82) is 0 Å². The fourth-order valence-corrected chi connectivity index (χ4v) is 2.48. The number of carbonyl (C=O) groups excluding carboxylic acids is 1. The van der Waals surface area contributed by atoms with Crippen LogP contribution in [-0.2, 0) is 0 Å². The van der Waals surface area contributed by atoms with Gasteiger partial charge in [0.05, 0.1) is 11.7 Å². The lowest BCUT2D eigenvalue weighted by Crippen LogP contribution is -2.27. The molecular formula is C13H15N3O. The van der Waals surface area contributed by atoms with Crippen molar-refractivity contribution >= 4 is 11.8 Å². The fraction of sp³-hybridized carbons (Fsp3) is 0.385. The summed E-state index contributed by atoms with van der Waals surface area (Å²) in [6, 6.07) is 3.78. The number of aromatic nitrogens is 2. The van der Waals surface area contributed by atoms with E-state index >= 15 is 0 Å². The van der Waals surface area contributed by atoms with Crippen molar-refractivity contribution in [3.63, 3.8) is 0 Å². The minimum atomic E-state index is 0.501. The number of nitrogens with zero attached hydrogens (tertiary/aromatic N) is 2. The van der Waals surface area contributed by atoms with Crippen LogP contribution in [-0.4, -0.2) is 28.8 Å². The van der Waals surface area contributed by atoms with Crippen LogP contribution in [0.5, 0.6) is 0 Å². The number of rotatable bonds is 2. The molecule has 0 spiro atoms. The topological polar surface area (TPSA) is 46.4 Å². The minimum absolute atomic E-state index is 0.501. The van der Waals surface area contributed by atoms with Gasteiger partial charge in [-0.2, -0.15) is 0 Å². The van der Waals surface area contributed by atoms with Gasteiger partial charge in [0.25, 0.3) is 0 Å². The summed E-state index contributed by atoms with van der Waals surface area (Å²) in [5.41, 5.74) is 1.76. The molecule has 0 bridgehead atoms. The predicted molar refractivity (Wildman–Crippen MR) is 65.4 cm³/mol. The Morgan fingerprint density at radius 2 is 2.18 bits per heavy atom. The van der Waals surface area contributed by atoms with E-state index in [0.29, 0.717) is 11.5 Å². The van der Waals surface area contributed by atoms with E-state index in [4.69, 9.17) is 0 Å². The smallest absolute Gasteiger partial charge is 0.151 e. The fourth-order valence-electron chi connectivity index (χ4n) is 2.48. The van der Waals surface area contributed by atoms with Crippen LogP contribution in [0.25, 0.3) is 5.52 Å². The van der Waals surface area contributed by atoms with Crippen molar-refractivity contribution in [1.82, 2.24) is 14.7 Å². The van der Waals surface area contributed by atoms with Crippen LogP contribution in [0.4, 0.5) is 0 Å². The van der Waals surface area contributed by atoms with Gasteiger partial charge >= 0.3 is 0 Å². The molecule has 3 heterocycles. The second kappa shape index (κ2) is 4.30. The van der Waals surface area contributed by atoms with E-state index in [0.717, 1.165) is 43.6 Å². The Morgan fingerprint density at radius 3 is 2.94 bits per heavy atom. The standard InChI is InChI=1S/C13H15N3O/c17-9-10-1-2-12-7-15-13(16(12)8-10)11-3-5-14-6-4-11/h1-2,7-9,11,14H,3-6H2. The number of fused-ring (bicyclic) bond motifs is 1. The maximum Gasteiger partial charge on any atom is 0.151 e. The third-order valence-electron chi connectivity index (χ3n) is 3.42. The molecule has 0 aromatic carbocycles. The Kier molecular flexibility index (Phi) is 2.65. The number of pyridine rings is 1. The summed E-state index contributed by atoms with van der Waals surface area (Å²) in [5, 5.41) is 3.35. The summed E-state index contributed by atoms with van der Waals surface area (Å²) >= 11 is 0. The van der Waals surface area contributed by atoms with Gasteiger partial charge in [-0.1, -0.05) is 0 Å². The van der Waals surface area contributed by atoms with Gasteiger partial charge < -0.3 is 9.72 Å². The first kappa shape index (κ1) is 10.5. The van der Waals surface area contributed by atoms with E-state index in [1.165, 1.54) is 0 Å². The van der Waals surface area contributed by atoms with E-state index < -0.39 is 0 Å². The first-order valence-electron chi connectivity index (χ1n) is 6.01. The van der Waals surface area contributed by atoms with Gasteiger partial charge in [0, 0.05) is 17.7 Å². The number of hydrogen-bond acceptors (Lipinski definition) is 3. The third-order valence-corrected chi connectivity index (χ3v) is 3.42. The van der Waals surface area contributed by atoms with E-state index in [1.54, 1.807) is 0 Å². The van der Waals surface area contributed by atoms with Crippen LogP contribution in [0, 0.1) is 0 Å². The van der Waals surface area contributed by atoms with Gasteiger partial charge in [0.15, 0.2) is 6.29 Å². The highest BCUT2D eigenvalue weighted by molar-refractivity contribution is 5.75. The molecule has 3 rings (SSSR count). The molecule has 0 amide bonds. The van der Waals surface area contributed by atoms with Gasteiger partial charge in [-0.05, 0) is 38.1 Å². The summed E-state index contributed by atoms with van der Waals surface area (Å²) in [6.45, 7) is 2.10. The molecule has 0 unspecified atom stereocenters. The molecule has 4 heteroatoms.